The first-order valence-corrected chi connectivity index (χ1v) is 14.7. The van der Waals surface area contributed by atoms with Crippen molar-refractivity contribution in [2.45, 2.75) is 26.9 Å². The molecule has 5 aromatic carbocycles. The molecule has 0 aromatic heterocycles. The van der Waals surface area contributed by atoms with Crippen LogP contribution in [0.1, 0.15) is 41.7 Å². The van der Waals surface area contributed by atoms with E-state index in [2.05, 4.69) is 133 Å². The van der Waals surface area contributed by atoms with Crippen LogP contribution in [0.15, 0.2) is 140 Å². The molecule has 0 heterocycles. The number of hydrogen-bond acceptors (Lipinski definition) is 3. The summed E-state index contributed by atoms with van der Waals surface area (Å²) in [6, 6.07) is 48.4. The van der Waals surface area contributed by atoms with Crippen molar-refractivity contribution >= 4 is 28.8 Å². The molecule has 0 spiro atoms. The maximum atomic E-state index is 12.7. The monoisotopic (exact) mass is 550 g/mol. The highest BCUT2D eigenvalue weighted by atomic mass is 16.1. The highest BCUT2D eigenvalue weighted by Crippen LogP contribution is 2.34. The highest BCUT2D eigenvalue weighted by Gasteiger charge is 2.16. The number of rotatable bonds is 12. The molecule has 0 amide bonds. The van der Waals surface area contributed by atoms with Crippen molar-refractivity contribution in [1.82, 2.24) is 0 Å². The fraction of sp³-hybridized carbons (Fsp3) is 0.154. The zero-order valence-corrected chi connectivity index (χ0v) is 24.5. The first kappa shape index (κ1) is 28.6. The minimum atomic E-state index is 0.685. The standard InChI is InChI=1S/C39H38N2O/c1-3-40(4-2)36-24-20-34(21-25-36)39(38(30-42)33-18-12-7-13-19-33)35-22-26-37(27-23-35)41(28-31-14-8-5-9-15-31)29-32-16-10-6-11-17-32/h5-27,30H,3-4,28-29H2,1-2H3/b39-38-. The Morgan fingerprint density at radius 1 is 0.500 bits per heavy atom. The maximum absolute atomic E-state index is 12.7. The molecule has 0 N–H and O–H groups in total. The summed E-state index contributed by atoms with van der Waals surface area (Å²) in [5.74, 6) is 0. The fourth-order valence-corrected chi connectivity index (χ4v) is 5.48. The third-order valence-electron chi connectivity index (χ3n) is 7.71. The summed E-state index contributed by atoms with van der Waals surface area (Å²) in [7, 11) is 0. The normalized spacial score (nSPS) is 11.5. The minimum Gasteiger partial charge on any atom is -0.372 e. The van der Waals surface area contributed by atoms with Gasteiger partial charge in [-0.1, -0.05) is 115 Å². The molecule has 0 aliphatic heterocycles. The highest BCUT2D eigenvalue weighted by molar-refractivity contribution is 6.20. The Hall–Kier alpha value is -4.89. The molecule has 3 nitrogen and oxygen atoms in total. The second-order valence-corrected chi connectivity index (χ2v) is 10.4. The van der Waals surface area contributed by atoms with Gasteiger partial charge >= 0.3 is 0 Å². The Labute approximate surface area is 250 Å². The van der Waals surface area contributed by atoms with Gasteiger partial charge in [0.05, 0.1) is 0 Å². The molecule has 0 radical (unpaired) electrons. The van der Waals surface area contributed by atoms with E-state index in [9.17, 15) is 4.79 Å². The number of anilines is 2. The van der Waals surface area contributed by atoms with Crippen molar-refractivity contribution < 1.29 is 4.79 Å². The summed E-state index contributed by atoms with van der Waals surface area (Å²) in [4.78, 5) is 17.4. The van der Waals surface area contributed by atoms with E-state index in [1.807, 2.05) is 30.3 Å². The summed E-state index contributed by atoms with van der Waals surface area (Å²) in [6.07, 6.45) is 0.994. The van der Waals surface area contributed by atoms with Gasteiger partial charge in [-0.05, 0) is 65.9 Å². The van der Waals surface area contributed by atoms with Crippen molar-refractivity contribution in [3.8, 4) is 0 Å². The number of hydrogen-bond donors (Lipinski definition) is 0. The largest absolute Gasteiger partial charge is 0.372 e. The number of carbonyl (C=O) groups is 1. The lowest BCUT2D eigenvalue weighted by molar-refractivity contribution is -0.103. The molecule has 5 rings (SSSR count). The Bertz CT molecular complexity index is 1530. The van der Waals surface area contributed by atoms with Crippen LogP contribution in [-0.2, 0) is 17.9 Å². The smallest absolute Gasteiger partial charge is 0.151 e. The number of aldehydes is 1. The van der Waals surface area contributed by atoms with Crippen LogP contribution in [0.5, 0.6) is 0 Å². The van der Waals surface area contributed by atoms with Gasteiger partial charge in [0.15, 0.2) is 6.29 Å². The summed E-state index contributed by atoms with van der Waals surface area (Å²) in [5, 5.41) is 0. The van der Waals surface area contributed by atoms with Crippen molar-refractivity contribution in [3.05, 3.63) is 167 Å². The molecule has 0 aliphatic rings. The third-order valence-corrected chi connectivity index (χ3v) is 7.71. The van der Waals surface area contributed by atoms with E-state index in [0.29, 0.717) is 5.57 Å². The van der Waals surface area contributed by atoms with Gasteiger partial charge in [-0.2, -0.15) is 0 Å². The maximum Gasteiger partial charge on any atom is 0.151 e. The van der Waals surface area contributed by atoms with Crippen molar-refractivity contribution in [2.75, 3.05) is 22.9 Å². The van der Waals surface area contributed by atoms with Crippen LogP contribution in [0.2, 0.25) is 0 Å². The van der Waals surface area contributed by atoms with Crippen LogP contribution >= 0.6 is 0 Å². The van der Waals surface area contributed by atoms with E-state index in [1.54, 1.807) is 0 Å². The molecule has 0 saturated carbocycles. The van der Waals surface area contributed by atoms with Crippen LogP contribution < -0.4 is 9.80 Å². The van der Waals surface area contributed by atoms with E-state index >= 15 is 0 Å². The van der Waals surface area contributed by atoms with E-state index in [1.165, 1.54) is 16.8 Å². The minimum absolute atomic E-state index is 0.685. The summed E-state index contributed by atoms with van der Waals surface area (Å²) in [5.41, 5.74) is 9.41. The molecule has 0 fully saturated rings. The van der Waals surface area contributed by atoms with Crippen LogP contribution in [0.4, 0.5) is 11.4 Å². The van der Waals surface area contributed by atoms with Gasteiger partial charge in [0, 0.05) is 48.7 Å². The molecule has 0 aliphatic carbocycles. The van der Waals surface area contributed by atoms with Gasteiger partial charge in [-0.15, -0.1) is 0 Å². The van der Waals surface area contributed by atoms with Crippen LogP contribution in [0, 0.1) is 0 Å². The molecule has 5 aromatic rings. The van der Waals surface area contributed by atoms with E-state index in [0.717, 1.165) is 60.4 Å². The number of benzene rings is 5. The van der Waals surface area contributed by atoms with Gasteiger partial charge in [0.2, 0.25) is 0 Å². The lowest BCUT2D eigenvalue weighted by atomic mass is 9.90. The predicted octanol–water partition coefficient (Wildman–Crippen LogP) is 8.90. The van der Waals surface area contributed by atoms with Crippen LogP contribution in [-0.4, -0.2) is 19.4 Å². The van der Waals surface area contributed by atoms with Gasteiger partial charge < -0.3 is 9.80 Å². The lowest BCUT2D eigenvalue weighted by Crippen LogP contribution is -2.22. The number of carbonyl (C=O) groups excluding carboxylic acids is 1. The first-order valence-electron chi connectivity index (χ1n) is 14.7. The molecule has 210 valence electrons. The Balaban J connectivity index is 1.55. The summed E-state index contributed by atoms with van der Waals surface area (Å²) < 4.78 is 0. The lowest BCUT2D eigenvalue weighted by Gasteiger charge is -2.26. The number of nitrogens with zero attached hydrogens (tertiary/aromatic N) is 2. The molecular weight excluding hydrogens is 512 g/mol. The Kier molecular flexibility index (Phi) is 9.64. The molecule has 0 atom stereocenters. The summed E-state index contributed by atoms with van der Waals surface area (Å²) in [6.45, 7) is 7.84. The van der Waals surface area contributed by atoms with Gasteiger partial charge in [0.1, 0.15) is 0 Å². The van der Waals surface area contributed by atoms with E-state index in [-0.39, 0.29) is 0 Å². The van der Waals surface area contributed by atoms with Gasteiger partial charge in [-0.3, -0.25) is 4.79 Å². The van der Waals surface area contributed by atoms with Crippen molar-refractivity contribution in [3.63, 3.8) is 0 Å². The quantitative estimate of drug-likeness (QED) is 0.0880. The molecule has 3 heteroatoms. The average Bonchev–Trinajstić information content (AvgIpc) is 3.06. The van der Waals surface area contributed by atoms with E-state index < -0.39 is 0 Å². The topological polar surface area (TPSA) is 23.6 Å². The zero-order valence-electron chi connectivity index (χ0n) is 24.5. The fourth-order valence-electron chi connectivity index (χ4n) is 5.48. The van der Waals surface area contributed by atoms with Gasteiger partial charge in [0.25, 0.3) is 0 Å². The molecular formula is C39H38N2O. The van der Waals surface area contributed by atoms with Crippen LogP contribution in [0.25, 0.3) is 11.1 Å². The molecule has 0 bridgehead atoms. The van der Waals surface area contributed by atoms with Crippen LogP contribution in [0.3, 0.4) is 0 Å². The Morgan fingerprint density at radius 3 is 1.31 bits per heavy atom. The SMILES string of the molecule is CCN(CC)c1ccc(/C(=C(\C=O)c2ccccc2)c2ccc(N(Cc3ccccc3)Cc3ccccc3)cc2)cc1. The van der Waals surface area contributed by atoms with E-state index in [4.69, 9.17) is 0 Å². The first-order chi connectivity index (χ1) is 20.7. The summed E-state index contributed by atoms with van der Waals surface area (Å²) >= 11 is 0. The average molecular weight is 551 g/mol. The Morgan fingerprint density at radius 2 is 0.905 bits per heavy atom. The zero-order chi connectivity index (χ0) is 29.1. The number of allylic oxidation sites excluding steroid dienone is 1. The third kappa shape index (κ3) is 6.87. The predicted molar refractivity (Wildman–Crippen MR) is 178 cm³/mol. The molecule has 0 unspecified atom stereocenters. The van der Waals surface area contributed by atoms with Gasteiger partial charge in [-0.25, -0.2) is 0 Å². The second-order valence-electron chi connectivity index (χ2n) is 10.4. The molecule has 0 saturated heterocycles. The van der Waals surface area contributed by atoms with Crippen molar-refractivity contribution in [1.29, 1.82) is 0 Å². The second kappa shape index (κ2) is 14.1. The molecule has 42 heavy (non-hydrogen) atoms. The van der Waals surface area contributed by atoms with Crippen molar-refractivity contribution in [2.24, 2.45) is 0 Å².